The largest absolute Gasteiger partial charge is 0.491 e. The number of aryl methyl sites for hydroxylation is 1. The van der Waals surface area contributed by atoms with E-state index in [0.717, 1.165) is 40.4 Å². The number of methoxy groups -OCH3 is 1. The van der Waals surface area contributed by atoms with Gasteiger partial charge in [-0.1, -0.05) is 24.3 Å². The van der Waals surface area contributed by atoms with Crippen LogP contribution in [0.3, 0.4) is 0 Å². The first-order valence-electron chi connectivity index (χ1n) is 10.2. The first-order chi connectivity index (χ1) is 14.7. The third-order valence-corrected chi connectivity index (χ3v) is 4.74. The number of para-hydroxylation sites is 1. The van der Waals surface area contributed by atoms with Crippen molar-refractivity contribution in [2.24, 2.45) is 4.99 Å². The van der Waals surface area contributed by atoms with Gasteiger partial charge >= 0.3 is 0 Å². The van der Waals surface area contributed by atoms with Crippen LogP contribution in [0.15, 0.2) is 41.4 Å². The minimum Gasteiger partial charge on any atom is -0.491 e. The van der Waals surface area contributed by atoms with Crippen LogP contribution in [0.5, 0.6) is 17.2 Å². The van der Waals surface area contributed by atoms with Gasteiger partial charge in [0.1, 0.15) is 12.4 Å². The van der Waals surface area contributed by atoms with Gasteiger partial charge < -0.3 is 29.6 Å². The summed E-state index contributed by atoms with van der Waals surface area (Å²) < 4.78 is 22.6. The molecule has 2 aromatic carbocycles. The Kier molecular flexibility index (Phi) is 8.20. The Balaban J connectivity index is 1.60. The Labute approximate surface area is 178 Å². The van der Waals surface area contributed by atoms with Gasteiger partial charge in [0.15, 0.2) is 17.5 Å². The molecule has 7 nitrogen and oxygen atoms in total. The van der Waals surface area contributed by atoms with E-state index in [1.165, 1.54) is 0 Å². The summed E-state index contributed by atoms with van der Waals surface area (Å²) in [6, 6.07) is 12.2. The molecular weight excluding hydrogens is 382 g/mol. The van der Waals surface area contributed by atoms with E-state index in [1.807, 2.05) is 24.3 Å². The first kappa shape index (κ1) is 21.8. The number of hydrogen-bond acceptors (Lipinski definition) is 5. The number of benzene rings is 2. The van der Waals surface area contributed by atoms with Crippen LogP contribution < -0.4 is 24.8 Å². The molecule has 162 valence electrons. The molecule has 0 bridgehead atoms. The van der Waals surface area contributed by atoms with Crippen LogP contribution in [0.2, 0.25) is 0 Å². The van der Waals surface area contributed by atoms with Gasteiger partial charge in [0.25, 0.3) is 0 Å². The number of hydrogen-bond donors (Lipinski definition) is 2. The first-order valence-corrected chi connectivity index (χ1v) is 10.2. The van der Waals surface area contributed by atoms with Crippen LogP contribution in [0.25, 0.3) is 0 Å². The molecule has 0 saturated carbocycles. The van der Waals surface area contributed by atoms with Crippen molar-refractivity contribution in [1.29, 1.82) is 0 Å². The zero-order valence-electron chi connectivity index (χ0n) is 18.0. The minimum atomic E-state index is 0.515. The van der Waals surface area contributed by atoms with Gasteiger partial charge in [-0.25, -0.2) is 0 Å². The molecule has 30 heavy (non-hydrogen) atoms. The van der Waals surface area contributed by atoms with Crippen molar-refractivity contribution in [2.75, 3.05) is 40.6 Å². The van der Waals surface area contributed by atoms with Crippen LogP contribution in [0, 0.1) is 6.92 Å². The molecular formula is C23H31N3O4. The molecule has 0 fully saturated rings. The van der Waals surface area contributed by atoms with Gasteiger partial charge in [0.05, 0.1) is 19.8 Å². The molecule has 0 spiro atoms. The fourth-order valence-corrected chi connectivity index (χ4v) is 3.15. The van der Waals surface area contributed by atoms with Gasteiger partial charge in [-0.2, -0.15) is 0 Å². The SMILES string of the molecule is CN=C(NCc1ccc(C)cc1OCCOC)NCc1cccc2c1OCCCO2. The molecule has 0 atom stereocenters. The average Bonchev–Trinajstić information content (AvgIpc) is 3.01. The molecule has 0 saturated heterocycles. The van der Waals surface area contributed by atoms with Crippen LogP contribution in [-0.2, 0) is 17.8 Å². The van der Waals surface area contributed by atoms with Crippen molar-refractivity contribution in [3.63, 3.8) is 0 Å². The number of ether oxygens (including phenoxy) is 4. The molecule has 0 unspecified atom stereocenters. The van der Waals surface area contributed by atoms with Crippen molar-refractivity contribution in [1.82, 2.24) is 10.6 Å². The molecule has 1 heterocycles. The predicted octanol–water partition coefficient (Wildman–Crippen LogP) is 3.05. The fourth-order valence-electron chi connectivity index (χ4n) is 3.15. The Bertz CT molecular complexity index is 854. The van der Waals surface area contributed by atoms with Crippen molar-refractivity contribution < 1.29 is 18.9 Å². The van der Waals surface area contributed by atoms with E-state index in [2.05, 4.69) is 34.7 Å². The summed E-state index contributed by atoms with van der Waals surface area (Å²) in [5.41, 5.74) is 3.25. The summed E-state index contributed by atoms with van der Waals surface area (Å²) in [7, 11) is 3.42. The van der Waals surface area contributed by atoms with Crippen molar-refractivity contribution >= 4 is 5.96 Å². The Morgan fingerprint density at radius 3 is 2.63 bits per heavy atom. The summed E-state index contributed by atoms with van der Waals surface area (Å²) in [5, 5.41) is 6.71. The smallest absolute Gasteiger partial charge is 0.191 e. The van der Waals surface area contributed by atoms with Crippen LogP contribution in [0.1, 0.15) is 23.1 Å². The zero-order chi connectivity index (χ0) is 21.2. The molecule has 0 amide bonds. The molecule has 1 aliphatic rings. The topological polar surface area (TPSA) is 73.3 Å². The summed E-state index contributed by atoms with van der Waals surface area (Å²) in [6.07, 6.45) is 0.885. The summed E-state index contributed by atoms with van der Waals surface area (Å²) in [6.45, 7) is 5.63. The van der Waals surface area contributed by atoms with E-state index in [9.17, 15) is 0 Å². The van der Waals surface area contributed by atoms with Gasteiger partial charge in [0, 0.05) is 44.8 Å². The number of rotatable bonds is 8. The number of aliphatic imine (C=N–C) groups is 1. The number of nitrogens with one attached hydrogen (secondary N) is 2. The quantitative estimate of drug-likeness (QED) is 0.394. The van der Waals surface area contributed by atoms with Crippen LogP contribution >= 0.6 is 0 Å². The second-order valence-electron chi connectivity index (χ2n) is 7.03. The number of nitrogens with zero attached hydrogens (tertiary/aromatic N) is 1. The molecule has 0 aromatic heterocycles. The maximum absolute atomic E-state index is 5.90. The highest BCUT2D eigenvalue weighted by Gasteiger charge is 2.14. The lowest BCUT2D eigenvalue weighted by Crippen LogP contribution is -2.36. The normalized spacial score (nSPS) is 13.5. The molecule has 7 heteroatoms. The second kappa shape index (κ2) is 11.3. The Morgan fingerprint density at radius 2 is 1.83 bits per heavy atom. The van der Waals surface area contributed by atoms with E-state index in [0.29, 0.717) is 45.5 Å². The van der Waals surface area contributed by atoms with E-state index >= 15 is 0 Å². The van der Waals surface area contributed by atoms with E-state index in [1.54, 1.807) is 14.2 Å². The lowest BCUT2D eigenvalue weighted by molar-refractivity contribution is 0.145. The van der Waals surface area contributed by atoms with Gasteiger partial charge in [0.2, 0.25) is 0 Å². The van der Waals surface area contributed by atoms with Gasteiger partial charge in [-0.3, -0.25) is 4.99 Å². The van der Waals surface area contributed by atoms with Crippen molar-refractivity contribution in [3.8, 4) is 17.2 Å². The van der Waals surface area contributed by atoms with E-state index < -0.39 is 0 Å². The summed E-state index contributed by atoms with van der Waals surface area (Å²) in [5.74, 6) is 3.16. The highest BCUT2D eigenvalue weighted by Crippen LogP contribution is 2.33. The van der Waals surface area contributed by atoms with Gasteiger partial charge in [-0.15, -0.1) is 0 Å². The van der Waals surface area contributed by atoms with Crippen molar-refractivity contribution in [3.05, 3.63) is 53.1 Å². The van der Waals surface area contributed by atoms with Crippen LogP contribution in [-0.4, -0.2) is 46.5 Å². The molecule has 0 aliphatic carbocycles. The molecule has 1 aliphatic heterocycles. The third-order valence-electron chi connectivity index (χ3n) is 4.74. The maximum Gasteiger partial charge on any atom is 0.191 e. The lowest BCUT2D eigenvalue weighted by atomic mass is 10.1. The predicted molar refractivity (Wildman–Crippen MR) is 118 cm³/mol. The lowest BCUT2D eigenvalue weighted by Gasteiger charge is -2.17. The molecule has 3 rings (SSSR count). The molecule has 0 radical (unpaired) electrons. The van der Waals surface area contributed by atoms with Gasteiger partial charge in [-0.05, 0) is 24.6 Å². The second-order valence-corrected chi connectivity index (χ2v) is 7.03. The average molecular weight is 414 g/mol. The Morgan fingerprint density at radius 1 is 1.03 bits per heavy atom. The highest BCUT2D eigenvalue weighted by molar-refractivity contribution is 5.79. The molecule has 2 aromatic rings. The minimum absolute atomic E-state index is 0.515. The summed E-state index contributed by atoms with van der Waals surface area (Å²) in [4.78, 5) is 4.33. The number of fused-ring (bicyclic) bond motifs is 1. The van der Waals surface area contributed by atoms with E-state index in [-0.39, 0.29) is 0 Å². The highest BCUT2D eigenvalue weighted by atomic mass is 16.5. The standard InChI is InChI=1S/C23H31N3O4/c1-17-8-9-18(21(14-17)29-13-12-27-3)15-25-23(24-2)26-16-19-6-4-7-20-22(19)30-11-5-10-28-20/h4,6-9,14H,5,10-13,15-16H2,1-3H3,(H2,24,25,26). The fraction of sp³-hybridized carbons (Fsp3) is 0.435. The maximum atomic E-state index is 5.90. The van der Waals surface area contributed by atoms with Crippen molar-refractivity contribution in [2.45, 2.75) is 26.4 Å². The Hall–Kier alpha value is -2.93. The zero-order valence-corrected chi connectivity index (χ0v) is 18.0. The molecule has 2 N–H and O–H groups in total. The summed E-state index contributed by atoms with van der Waals surface area (Å²) >= 11 is 0. The number of guanidine groups is 1. The third kappa shape index (κ3) is 6.03. The van der Waals surface area contributed by atoms with E-state index in [4.69, 9.17) is 18.9 Å². The van der Waals surface area contributed by atoms with Crippen LogP contribution in [0.4, 0.5) is 0 Å². The monoisotopic (exact) mass is 413 g/mol.